The van der Waals surface area contributed by atoms with Crippen molar-refractivity contribution < 1.29 is 0 Å². The summed E-state index contributed by atoms with van der Waals surface area (Å²) in [5.74, 6) is 1.71. The van der Waals surface area contributed by atoms with Crippen LogP contribution in [0, 0.1) is 0 Å². The molecule has 1 N–H and O–H groups in total. The van der Waals surface area contributed by atoms with Gasteiger partial charge in [-0.05, 0) is 6.92 Å². The summed E-state index contributed by atoms with van der Waals surface area (Å²) in [7, 11) is 7.82. The van der Waals surface area contributed by atoms with Gasteiger partial charge in [0.05, 0.1) is 0 Å². The van der Waals surface area contributed by atoms with E-state index in [0.717, 1.165) is 11.9 Å². The molecule has 1 rings (SSSR count). The maximum Gasteiger partial charge on any atom is 0.202 e. The Labute approximate surface area is 79.1 Å². The zero-order valence-electron chi connectivity index (χ0n) is 8.87. The predicted molar refractivity (Wildman–Crippen MR) is 54.8 cm³/mol. The average molecular weight is 183 g/mol. The van der Waals surface area contributed by atoms with E-state index in [1.807, 2.05) is 44.9 Å². The molecular weight excluding hydrogens is 166 g/mol. The first-order valence-electron chi connectivity index (χ1n) is 4.28. The second kappa shape index (κ2) is 3.64. The van der Waals surface area contributed by atoms with Crippen molar-refractivity contribution in [1.29, 1.82) is 0 Å². The summed E-state index contributed by atoms with van der Waals surface area (Å²) >= 11 is 0. The summed E-state index contributed by atoms with van der Waals surface area (Å²) in [5, 5.41) is 3.13. The lowest BCUT2D eigenvalue weighted by Gasteiger charge is -2.26. The van der Waals surface area contributed by atoms with Crippen LogP contribution in [-0.2, 0) is 0 Å². The fourth-order valence-electron chi connectivity index (χ4n) is 1.00. The number of aliphatic imine (C=N–C) groups is 2. The third-order valence-electron chi connectivity index (χ3n) is 1.69. The van der Waals surface area contributed by atoms with E-state index in [1.165, 1.54) is 0 Å². The van der Waals surface area contributed by atoms with E-state index in [-0.39, 0.29) is 6.17 Å². The molecule has 0 aromatic rings. The van der Waals surface area contributed by atoms with E-state index in [1.54, 1.807) is 0 Å². The van der Waals surface area contributed by atoms with Crippen molar-refractivity contribution in [2.75, 3.05) is 28.2 Å². The number of nitrogens with one attached hydrogen (secondary N) is 1. The molecule has 0 saturated carbocycles. The SMILES string of the molecule is CC1N=C(N(C)C)NC(N(C)C)=N1. The third kappa shape index (κ3) is 2.34. The van der Waals surface area contributed by atoms with Crippen molar-refractivity contribution >= 4 is 11.9 Å². The molecule has 1 aliphatic rings. The number of rotatable bonds is 0. The fourth-order valence-corrected chi connectivity index (χ4v) is 1.00. The van der Waals surface area contributed by atoms with Crippen LogP contribution in [0.15, 0.2) is 9.98 Å². The van der Waals surface area contributed by atoms with Crippen LogP contribution in [-0.4, -0.2) is 56.1 Å². The van der Waals surface area contributed by atoms with Gasteiger partial charge in [-0.2, -0.15) is 0 Å². The molecule has 0 saturated heterocycles. The van der Waals surface area contributed by atoms with Gasteiger partial charge in [-0.1, -0.05) is 0 Å². The highest BCUT2D eigenvalue weighted by Crippen LogP contribution is 2.00. The Bertz CT molecular complexity index is 217. The Kier molecular flexibility index (Phi) is 2.75. The third-order valence-corrected chi connectivity index (χ3v) is 1.69. The Morgan fingerprint density at radius 1 is 1.00 bits per heavy atom. The van der Waals surface area contributed by atoms with Gasteiger partial charge in [-0.15, -0.1) is 0 Å². The van der Waals surface area contributed by atoms with Crippen LogP contribution in [0.5, 0.6) is 0 Å². The van der Waals surface area contributed by atoms with E-state index in [2.05, 4.69) is 15.3 Å². The van der Waals surface area contributed by atoms with E-state index >= 15 is 0 Å². The first-order valence-corrected chi connectivity index (χ1v) is 4.28. The Balaban J connectivity index is 2.76. The zero-order chi connectivity index (χ0) is 10.0. The second-order valence-electron chi connectivity index (χ2n) is 3.45. The van der Waals surface area contributed by atoms with Crippen molar-refractivity contribution in [3.8, 4) is 0 Å². The van der Waals surface area contributed by atoms with E-state index in [9.17, 15) is 0 Å². The minimum absolute atomic E-state index is 0.00366. The van der Waals surface area contributed by atoms with Gasteiger partial charge in [0.15, 0.2) is 0 Å². The van der Waals surface area contributed by atoms with Crippen LogP contribution in [0.3, 0.4) is 0 Å². The number of guanidine groups is 2. The smallest absolute Gasteiger partial charge is 0.202 e. The van der Waals surface area contributed by atoms with Gasteiger partial charge in [0.25, 0.3) is 0 Å². The first-order chi connectivity index (χ1) is 6.00. The lowest BCUT2D eigenvalue weighted by molar-refractivity contribution is 0.541. The maximum atomic E-state index is 4.33. The van der Waals surface area contributed by atoms with E-state index in [4.69, 9.17) is 0 Å². The maximum absolute atomic E-state index is 4.33. The van der Waals surface area contributed by atoms with Gasteiger partial charge >= 0.3 is 0 Å². The highest BCUT2D eigenvalue weighted by Gasteiger charge is 2.15. The molecule has 0 amide bonds. The molecule has 0 radical (unpaired) electrons. The number of hydrogen-bond donors (Lipinski definition) is 1. The molecule has 0 atom stereocenters. The highest BCUT2D eigenvalue weighted by atomic mass is 15.4. The Hall–Kier alpha value is -1.26. The summed E-state index contributed by atoms with van der Waals surface area (Å²) < 4.78 is 0. The predicted octanol–water partition coefficient (Wildman–Crippen LogP) is -0.229. The first kappa shape index (κ1) is 9.83. The van der Waals surface area contributed by atoms with Crippen LogP contribution < -0.4 is 5.32 Å². The summed E-state index contributed by atoms with van der Waals surface area (Å²) in [6.07, 6.45) is -0.00366. The Morgan fingerprint density at radius 3 is 1.69 bits per heavy atom. The van der Waals surface area contributed by atoms with Crippen LogP contribution in [0.2, 0.25) is 0 Å². The van der Waals surface area contributed by atoms with Gasteiger partial charge < -0.3 is 9.80 Å². The second-order valence-corrected chi connectivity index (χ2v) is 3.45. The molecule has 5 nitrogen and oxygen atoms in total. The molecule has 0 aromatic carbocycles. The van der Waals surface area contributed by atoms with Crippen molar-refractivity contribution in [2.45, 2.75) is 13.1 Å². The minimum atomic E-state index is -0.00366. The molecule has 0 unspecified atom stereocenters. The highest BCUT2D eigenvalue weighted by molar-refractivity contribution is 5.99. The molecule has 1 heterocycles. The molecule has 13 heavy (non-hydrogen) atoms. The number of nitrogens with zero attached hydrogens (tertiary/aromatic N) is 4. The number of hydrogen-bond acceptors (Lipinski definition) is 5. The van der Waals surface area contributed by atoms with Crippen molar-refractivity contribution in [1.82, 2.24) is 15.1 Å². The molecular formula is C8H17N5. The molecule has 5 heteroatoms. The van der Waals surface area contributed by atoms with Crippen LogP contribution in [0.1, 0.15) is 6.92 Å². The summed E-state index contributed by atoms with van der Waals surface area (Å²) in [6.45, 7) is 1.97. The minimum Gasteiger partial charge on any atom is -0.349 e. The van der Waals surface area contributed by atoms with Gasteiger partial charge in [0.1, 0.15) is 6.17 Å². The summed E-state index contributed by atoms with van der Waals surface area (Å²) in [6, 6.07) is 0. The summed E-state index contributed by atoms with van der Waals surface area (Å²) in [4.78, 5) is 12.5. The standard InChI is InChI=1S/C8H17N5/c1-6-9-7(12(2)3)11-8(10-6)13(4)5/h6H,1-5H3,(H,9,10,11). The lowest BCUT2D eigenvalue weighted by Crippen LogP contribution is -2.49. The van der Waals surface area contributed by atoms with Crippen LogP contribution >= 0.6 is 0 Å². The average Bonchev–Trinajstić information content (AvgIpc) is 2.03. The van der Waals surface area contributed by atoms with Gasteiger partial charge in [-0.3, -0.25) is 5.32 Å². The largest absolute Gasteiger partial charge is 0.349 e. The molecule has 0 fully saturated rings. The van der Waals surface area contributed by atoms with E-state index in [0.29, 0.717) is 0 Å². The van der Waals surface area contributed by atoms with Gasteiger partial charge in [0, 0.05) is 28.2 Å². The summed E-state index contributed by atoms with van der Waals surface area (Å²) in [5.41, 5.74) is 0. The normalized spacial score (nSPS) is 17.3. The lowest BCUT2D eigenvalue weighted by atomic mass is 10.5. The monoisotopic (exact) mass is 183 g/mol. The van der Waals surface area contributed by atoms with Gasteiger partial charge in [0.2, 0.25) is 11.9 Å². The fraction of sp³-hybridized carbons (Fsp3) is 0.750. The topological polar surface area (TPSA) is 43.2 Å². The molecule has 74 valence electrons. The van der Waals surface area contributed by atoms with Crippen molar-refractivity contribution in [3.05, 3.63) is 0 Å². The van der Waals surface area contributed by atoms with Crippen LogP contribution in [0.25, 0.3) is 0 Å². The van der Waals surface area contributed by atoms with Crippen molar-refractivity contribution in [3.63, 3.8) is 0 Å². The zero-order valence-corrected chi connectivity index (χ0v) is 8.87. The molecule has 0 bridgehead atoms. The Morgan fingerprint density at radius 2 is 1.38 bits per heavy atom. The molecule has 0 spiro atoms. The van der Waals surface area contributed by atoms with E-state index < -0.39 is 0 Å². The molecule has 1 aliphatic heterocycles. The molecule has 0 aliphatic carbocycles. The van der Waals surface area contributed by atoms with Gasteiger partial charge in [-0.25, -0.2) is 9.98 Å². The van der Waals surface area contributed by atoms with Crippen molar-refractivity contribution in [2.24, 2.45) is 9.98 Å². The van der Waals surface area contributed by atoms with Crippen LogP contribution in [0.4, 0.5) is 0 Å². The molecule has 0 aromatic heterocycles. The quantitative estimate of drug-likeness (QED) is 0.564.